The number of pyridine rings is 1. The number of amides is 1. The molecule has 0 unspecified atom stereocenters. The molecule has 0 radical (unpaired) electrons. The smallest absolute Gasteiger partial charge is 0.269 e. The van der Waals surface area contributed by atoms with E-state index in [2.05, 4.69) is 10.1 Å². The largest absolute Gasteiger partial charge is 0.288 e. The highest BCUT2D eigenvalue weighted by atomic mass is 32.2. The monoisotopic (exact) mass is 373 g/mol. The lowest BCUT2D eigenvalue weighted by atomic mass is 10.2. The summed E-state index contributed by atoms with van der Waals surface area (Å²) in [5, 5.41) is 12.5. The Bertz CT molecular complexity index is 1060. The van der Waals surface area contributed by atoms with Gasteiger partial charge in [-0.1, -0.05) is 0 Å². The van der Waals surface area contributed by atoms with Crippen LogP contribution in [0, 0.1) is 0 Å². The molecule has 3 heterocycles. The molecule has 134 valence electrons. The summed E-state index contributed by atoms with van der Waals surface area (Å²) in [6.45, 7) is 0. The highest BCUT2D eigenvalue weighted by Crippen LogP contribution is 2.20. The minimum atomic E-state index is -3.81. The molecule has 0 atom stereocenters. The Balaban J connectivity index is 1.85. The number of carbonyl (C=O) groups excluding carboxylic acids is 1. The molecule has 0 aliphatic heterocycles. The maximum absolute atomic E-state index is 12.7. The summed E-state index contributed by atoms with van der Waals surface area (Å²) in [6.07, 6.45) is 9.88. The molecule has 3 aromatic heterocycles. The lowest BCUT2D eigenvalue weighted by Gasteiger charge is -2.05. The molecule has 26 heavy (non-hydrogen) atoms. The van der Waals surface area contributed by atoms with Gasteiger partial charge >= 0.3 is 0 Å². The average molecular weight is 373 g/mol. The highest BCUT2D eigenvalue weighted by molar-refractivity contribution is 7.90. The van der Waals surface area contributed by atoms with Gasteiger partial charge < -0.3 is 0 Å². The summed E-state index contributed by atoms with van der Waals surface area (Å²) in [6, 6.07) is 4.61. The van der Waals surface area contributed by atoms with Gasteiger partial charge in [0.1, 0.15) is 4.90 Å². The topological polar surface area (TPSA) is 119 Å². The van der Waals surface area contributed by atoms with Crippen molar-refractivity contribution in [2.75, 3.05) is 0 Å². The van der Waals surface area contributed by atoms with Crippen LogP contribution in [0.25, 0.3) is 17.3 Å². The van der Waals surface area contributed by atoms with Crippen LogP contribution >= 0.6 is 0 Å². The first-order valence-electron chi connectivity index (χ1n) is 7.41. The Labute approximate surface area is 149 Å². The molecule has 0 spiro atoms. The summed E-state index contributed by atoms with van der Waals surface area (Å²) < 4.78 is 28.0. The predicted octanol–water partition coefficient (Wildman–Crippen LogP) is 1.04. The van der Waals surface area contributed by atoms with Gasteiger partial charge in [0, 0.05) is 43.5 Å². The van der Waals surface area contributed by atoms with E-state index >= 15 is 0 Å². The van der Waals surface area contributed by atoms with Gasteiger partial charge in [-0.25, -0.2) is 17.9 Å². The number of aromatic nitrogens is 4. The van der Waals surface area contributed by atoms with E-state index in [0.29, 0.717) is 11.3 Å². The number of rotatable bonds is 5. The van der Waals surface area contributed by atoms with Crippen molar-refractivity contribution in [2.45, 2.75) is 4.90 Å². The molecule has 0 aromatic carbocycles. The Morgan fingerprint density at radius 3 is 2.65 bits per heavy atom. The molecule has 1 amide bonds. The summed E-state index contributed by atoms with van der Waals surface area (Å²) in [5.41, 5.74) is 3.34. The molecule has 2 N–H and O–H groups in total. The van der Waals surface area contributed by atoms with Gasteiger partial charge in [-0.15, -0.1) is 0 Å². The Morgan fingerprint density at radius 2 is 2.04 bits per heavy atom. The van der Waals surface area contributed by atoms with E-state index in [1.54, 1.807) is 30.2 Å². The quantitative estimate of drug-likeness (QED) is 0.392. The van der Waals surface area contributed by atoms with Crippen LogP contribution in [0.4, 0.5) is 0 Å². The van der Waals surface area contributed by atoms with Crippen LogP contribution in [-0.2, 0) is 21.9 Å². The van der Waals surface area contributed by atoms with Gasteiger partial charge in [0.05, 0.1) is 11.9 Å². The SMILES string of the molecule is Cn1cc(-c2ccc(S(=O)(=O)n3ccc(/C=C/C(=O)NO)c3)cn2)cn1. The van der Waals surface area contributed by atoms with Crippen LogP contribution in [0.5, 0.6) is 0 Å². The first-order chi connectivity index (χ1) is 12.4. The third-order valence-electron chi connectivity index (χ3n) is 3.54. The van der Waals surface area contributed by atoms with Gasteiger partial charge in [0.25, 0.3) is 15.9 Å². The van der Waals surface area contributed by atoms with Gasteiger partial charge in [-0.2, -0.15) is 5.10 Å². The third-order valence-corrected chi connectivity index (χ3v) is 5.16. The molecule has 0 fully saturated rings. The van der Waals surface area contributed by atoms with Gasteiger partial charge in [-0.05, 0) is 29.8 Å². The van der Waals surface area contributed by atoms with E-state index in [4.69, 9.17) is 5.21 Å². The molecular formula is C16H15N5O4S. The fourth-order valence-electron chi connectivity index (χ4n) is 2.23. The van der Waals surface area contributed by atoms with Gasteiger partial charge in [0.15, 0.2) is 0 Å². The van der Waals surface area contributed by atoms with Crippen molar-refractivity contribution in [3.05, 3.63) is 60.8 Å². The summed E-state index contributed by atoms with van der Waals surface area (Å²) in [4.78, 5) is 15.2. The van der Waals surface area contributed by atoms with Gasteiger partial charge in [0.2, 0.25) is 0 Å². The molecule has 0 saturated heterocycles. The van der Waals surface area contributed by atoms with Crippen molar-refractivity contribution in [3.63, 3.8) is 0 Å². The zero-order chi connectivity index (χ0) is 18.7. The minimum absolute atomic E-state index is 0.0318. The summed E-state index contributed by atoms with van der Waals surface area (Å²) in [7, 11) is -2.02. The Morgan fingerprint density at radius 1 is 1.23 bits per heavy atom. The fraction of sp³-hybridized carbons (Fsp3) is 0.0625. The predicted molar refractivity (Wildman–Crippen MR) is 92.4 cm³/mol. The van der Waals surface area contributed by atoms with E-state index < -0.39 is 15.9 Å². The fourth-order valence-corrected chi connectivity index (χ4v) is 3.38. The number of hydrogen-bond acceptors (Lipinski definition) is 6. The van der Waals surface area contributed by atoms with E-state index in [9.17, 15) is 13.2 Å². The van der Waals surface area contributed by atoms with Crippen molar-refractivity contribution >= 4 is 22.0 Å². The van der Waals surface area contributed by atoms with Crippen molar-refractivity contribution < 1.29 is 18.4 Å². The van der Waals surface area contributed by atoms with Crippen molar-refractivity contribution in [3.8, 4) is 11.3 Å². The minimum Gasteiger partial charge on any atom is -0.288 e. The van der Waals surface area contributed by atoms with Crippen molar-refractivity contribution in [1.29, 1.82) is 0 Å². The zero-order valence-electron chi connectivity index (χ0n) is 13.6. The van der Waals surface area contributed by atoms with E-state index in [0.717, 1.165) is 15.6 Å². The van der Waals surface area contributed by atoms with Crippen LogP contribution in [0.15, 0.2) is 60.2 Å². The second-order valence-electron chi connectivity index (χ2n) is 5.37. The lowest BCUT2D eigenvalue weighted by Crippen LogP contribution is -2.14. The van der Waals surface area contributed by atoms with Crippen LogP contribution in [0.2, 0.25) is 0 Å². The van der Waals surface area contributed by atoms with E-state index in [-0.39, 0.29) is 4.90 Å². The number of hydrogen-bond donors (Lipinski definition) is 2. The van der Waals surface area contributed by atoms with Crippen LogP contribution < -0.4 is 5.48 Å². The second kappa shape index (κ2) is 6.94. The van der Waals surface area contributed by atoms with Crippen LogP contribution in [0.3, 0.4) is 0 Å². The maximum Gasteiger partial charge on any atom is 0.269 e. The molecule has 3 aromatic rings. The molecule has 0 bridgehead atoms. The van der Waals surface area contributed by atoms with Gasteiger partial charge in [-0.3, -0.25) is 19.7 Å². The molecule has 3 rings (SSSR count). The zero-order valence-corrected chi connectivity index (χ0v) is 14.5. The molecular weight excluding hydrogens is 358 g/mol. The van der Waals surface area contributed by atoms with Crippen LogP contribution in [-0.4, -0.2) is 38.3 Å². The summed E-state index contributed by atoms with van der Waals surface area (Å²) in [5.74, 6) is -0.712. The second-order valence-corrected chi connectivity index (χ2v) is 7.21. The Hall–Kier alpha value is -3.24. The van der Waals surface area contributed by atoms with Crippen LogP contribution in [0.1, 0.15) is 5.56 Å². The highest BCUT2D eigenvalue weighted by Gasteiger charge is 2.17. The number of aryl methyl sites for hydroxylation is 1. The number of nitrogens with zero attached hydrogens (tertiary/aromatic N) is 4. The molecule has 0 aliphatic rings. The van der Waals surface area contributed by atoms with E-state index in [1.807, 2.05) is 0 Å². The molecule has 0 saturated carbocycles. The Kier molecular flexibility index (Phi) is 4.69. The standard InChI is InChI=1S/C16H15N5O4S/c1-20-11-13(8-18-20)15-4-3-14(9-17-15)26(24,25)21-7-6-12(10-21)2-5-16(22)19-23/h2-11,23H,1H3,(H,19,22)/b5-2+. The average Bonchev–Trinajstić information content (AvgIpc) is 3.29. The molecule has 9 nitrogen and oxygen atoms in total. The van der Waals surface area contributed by atoms with Crippen molar-refractivity contribution in [2.24, 2.45) is 7.05 Å². The number of hydroxylamine groups is 1. The first kappa shape index (κ1) is 17.6. The normalized spacial score (nSPS) is 11.8. The first-order valence-corrected chi connectivity index (χ1v) is 8.85. The lowest BCUT2D eigenvalue weighted by molar-refractivity contribution is -0.124. The number of nitrogens with one attached hydrogen (secondary N) is 1. The van der Waals surface area contributed by atoms with Crippen molar-refractivity contribution in [1.82, 2.24) is 24.2 Å². The number of carbonyl (C=O) groups is 1. The molecule has 10 heteroatoms. The molecule has 0 aliphatic carbocycles. The maximum atomic E-state index is 12.7. The van der Waals surface area contributed by atoms with E-state index in [1.165, 1.54) is 42.3 Å². The third kappa shape index (κ3) is 3.55. The summed E-state index contributed by atoms with van der Waals surface area (Å²) >= 11 is 0.